The molecule has 0 aromatic heterocycles. The zero-order chi connectivity index (χ0) is 16.7. The van der Waals surface area contributed by atoms with E-state index in [1.165, 1.54) is 24.3 Å². The van der Waals surface area contributed by atoms with Gasteiger partial charge in [-0.3, -0.25) is 4.79 Å². The molecule has 0 aliphatic carbocycles. The second kappa shape index (κ2) is 8.03. The number of carbonyl (C=O) groups is 1. The lowest BCUT2D eigenvalue weighted by Gasteiger charge is -2.11. The van der Waals surface area contributed by atoms with E-state index >= 15 is 0 Å². The van der Waals surface area contributed by atoms with Crippen LogP contribution in [0.2, 0.25) is 0 Å². The first-order valence-electron chi connectivity index (χ1n) is 7.13. The Morgan fingerprint density at radius 2 is 1.65 bits per heavy atom. The Morgan fingerprint density at radius 1 is 1.00 bits per heavy atom. The van der Waals surface area contributed by atoms with Gasteiger partial charge in [-0.05, 0) is 36.4 Å². The van der Waals surface area contributed by atoms with Crippen molar-refractivity contribution in [1.82, 2.24) is 0 Å². The summed E-state index contributed by atoms with van der Waals surface area (Å²) >= 11 is 0. The van der Waals surface area contributed by atoms with E-state index in [1.54, 1.807) is 26.4 Å². The van der Waals surface area contributed by atoms with Crippen LogP contribution >= 0.6 is 0 Å². The van der Waals surface area contributed by atoms with E-state index in [1.807, 2.05) is 6.07 Å². The van der Waals surface area contributed by atoms with Crippen molar-refractivity contribution in [3.05, 3.63) is 48.3 Å². The predicted molar refractivity (Wildman–Crippen MR) is 87.7 cm³/mol. The Morgan fingerprint density at radius 3 is 2.30 bits per heavy atom. The molecule has 23 heavy (non-hydrogen) atoms. The summed E-state index contributed by atoms with van der Waals surface area (Å²) in [7, 11) is 3.14. The van der Waals surface area contributed by atoms with Crippen molar-refractivity contribution in [3.63, 3.8) is 0 Å². The number of benzene rings is 2. The fourth-order valence-electron chi connectivity index (χ4n) is 2.02. The van der Waals surface area contributed by atoms with Crippen molar-refractivity contribution < 1.29 is 18.7 Å². The highest BCUT2D eigenvalue weighted by molar-refractivity contribution is 5.90. The topological polar surface area (TPSA) is 59.6 Å². The molecular formula is C17H19FN2O3. The van der Waals surface area contributed by atoms with Crippen molar-refractivity contribution in [1.29, 1.82) is 0 Å². The predicted octanol–water partition coefficient (Wildman–Crippen LogP) is 3.28. The minimum Gasteiger partial charge on any atom is -0.493 e. The van der Waals surface area contributed by atoms with E-state index in [-0.39, 0.29) is 18.1 Å². The molecule has 6 heteroatoms. The number of carbonyl (C=O) groups excluding carboxylic acids is 1. The molecule has 122 valence electrons. The van der Waals surface area contributed by atoms with E-state index in [0.717, 1.165) is 5.69 Å². The summed E-state index contributed by atoms with van der Waals surface area (Å²) in [4.78, 5) is 11.8. The van der Waals surface area contributed by atoms with Gasteiger partial charge in [0.15, 0.2) is 11.5 Å². The molecule has 2 aromatic carbocycles. The summed E-state index contributed by atoms with van der Waals surface area (Å²) in [6.45, 7) is 0.461. The molecule has 2 N–H and O–H groups in total. The van der Waals surface area contributed by atoms with Gasteiger partial charge in [-0.25, -0.2) is 4.39 Å². The number of halogens is 1. The highest BCUT2D eigenvalue weighted by Gasteiger charge is 2.06. The zero-order valence-electron chi connectivity index (χ0n) is 13.1. The molecule has 1 amide bonds. The maximum atomic E-state index is 12.8. The Kier molecular flexibility index (Phi) is 5.80. The Labute approximate surface area is 134 Å². The smallest absolute Gasteiger partial charge is 0.226 e. The van der Waals surface area contributed by atoms with Crippen LogP contribution in [0.1, 0.15) is 6.42 Å². The highest BCUT2D eigenvalue weighted by Crippen LogP contribution is 2.29. The summed E-state index contributed by atoms with van der Waals surface area (Å²) < 4.78 is 23.2. The van der Waals surface area contributed by atoms with Crippen molar-refractivity contribution in [2.24, 2.45) is 0 Å². The first-order chi connectivity index (χ1) is 11.1. The van der Waals surface area contributed by atoms with Gasteiger partial charge < -0.3 is 20.1 Å². The molecule has 0 saturated heterocycles. The third-order valence-corrected chi connectivity index (χ3v) is 3.19. The Balaban J connectivity index is 1.82. The van der Waals surface area contributed by atoms with Crippen molar-refractivity contribution in [2.45, 2.75) is 6.42 Å². The average molecular weight is 318 g/mol. The molecule has 2 rings (SSSR count). The van der Waals surface area contributed by atoms with Crippen molar-refractivity contribution in [2.75, 3.05) is 31.4 Å². The Hall–Kier alpha value is -2.76. The fourth-order valence-corrected chi connectivity index (χ4v) is 2.02. The minimum atomic E-state index is -0.335. The first-order valence-corrected chi connectivity index (χ1v) is 7.13. The van der Waals surface area contributed by atoms with Gasteiger partial charge in [0.25, 0.3) is 0 Å². The normalized spacial score (nSPS) is 10.0. The molecule has 5 nitrogen and oxygen atoms in total. The van der Waals surface area contributed by atoms with Gasteiger partial charge in [-0.2, -0.15) is 0 Å². The standard InChI is InChI=1S/C17H19FN2O3/c1-22-15-8-7-14(11-16(15)23-2)19-10-9-17(21)20-13-5-3-12(18)4-6-13/h3-8,11,19H,9-10H2,1-2H3,(H,20,21). The number of hydrogen-bond acceptors (Lipinski definition) is 4. The van der Waals surface area contributed by atoms with Crippen LogP contribution in [0.3, 0.4) is 0 Å². The van der Waals surface area contributed by atoms with Crippen LogP contribution in [0.5, 0.6) is 11.5 Å². The largest absolute Gasteiger partial charge is 0.493 e. The molecule has 0 aliphatic rings. The number of amides is 1. The molecule has 0 radical (unpaired) electrons. The van der Waals surface area contributed by atoms with Crippen LogP contribution in [0.4, 0.5) is 15.8 Å². The van der Waals surface area contributed by atoms with Gasteiger partial charge in [0.2, 0.25) is 5.91 Å². The Bertz CT molecular complexity index is 659. The molecule has 0 bridgehead atoms. The lowest BCUT2D eigenvalue weighted by molar-refractivity contribution is -0.115. The number of ether oxygens (including phenoxy) is 2. The van der Waals surface area contributed by atoms with Crippen LogP contribution in [0.25, 0.3) is 0 Å². The summed E-state index contributed by atoms with van der Waals surface area (Å²) in [5, 5.41) is 5.85. The maximum Gasteiger partial charge on any atom is 0.226 e. The number of methoxy groups -OCH3 is 2. The van der Waals surface area contributed by atoms with E-state index in [2.05, 4.69) is 10.6 Å². The molecule has 0 aliphatic heterocycles. The second-order valence-electron chi connectivity index (χ2n) is 4.80. The van der Waals surface area contributed by atoms with Gasteiger partial charge in [-0.15, -0.1) is 0 Å². The molecule has 0 atom stereocenters. The number of nitrogens with one attached hydrogen (secondary N) is 2. The monoisotopic (exact) mass is 318 g/mol. The van der Waals surface area contributed by atoms with Crippen LogP contribution in [0.15, 0.2) is 42.5 Å². The van der Waals surface area contributed by atoms with Crippen molar-refractivity contribution in [3.8, 4) is 11.5 Å². The molecule has 0 spiro atoms. The van der Waals surface area contributed by atoms with Crippen LogP contribution < -0.4 is 20.1 Å². The molecule has 0 saturated carbocycles. The lowest BCUT2D eigenvalue weighted by Crippen LogP contribution is -2.16. The molecule has 0 unspecified atom stereocenters. The quantitative estimate of drug-likeness (QED) is 0.822. The van der Waals surface area contributed by atoms with Crippen LogP contribution in [-0.2, 0) is 4.79 Å². The molecule has 0 fully saturated rings. The van der Waals surface area contributed by atoms with E-state index in [4.69, 9.17) is 9.47 Å². The minimum absolute atomic E-state index is 0.149. The lowest BCUT2D eigenvalue weighted by atomic mass is 10.2. The van der Waals surface area contributed by atoms with Gasteiger partial charge in [0.05, 0.1) is 14.2 Å². The summed E-state index contributed by atoms with van der Waals surface area (Å²) in [6, 6.07) is 11.1. The molecule has 0 heterocycles. The van der Waals surface area contributed by atoms with Crippen LogP contribution in [0, 0.1) is 5.82 Å². The number of anilines is 2. The number of hydrogen-bond donors (Lipinski definition) is 2. The van der Waals surface area contributed by atoms with E-state index in [9.17, 15) is 9.18 Å². The summed E-state index contributed by atoms with van der Waals surface area (Å²) in [6.07, 6.45) is 0.283. The third kappa shape index (κ3) is 4.88. The summed E-state index contributed by atoms with van der Waals surface area (Å²) in [5.41, 5.74) is 1.40. The first kappa shape index (κ1) is 16.6. The fraction of sp³-hybridized carbons (Fsp3) is 0.235. The van der Waals surface area contributed by atoms with Gasteiger partial charge in [-0.1, -0.05) is 0 Å². The summed E-state index contributed by atoms with van der Waals surface area (Å²) in [5.74, 6) is 0.781. The average Bonchev–Trinajstić information content (AvgIpc) is 2.56. The second-order valence-corrected chi connectivity index (χ2v) is 4.80. The highest BCUT2D eigenvalue weighted by atomic mass is 19.1. The number of rotatable bonds is 7. The van der Waals surface area contributed by atoms with Gasteiger partial charge in [0.1, 0.15) is 5.82 Å². The third-order valence-electron chi connectivity index (χ3n) is 3.19. The van der Waals surface area contributed by atoms with Crippen molar-refractivity contribution >= 4 is 17.3 Å². The zero-order valence-corrected chi connectivity index (χ0v) is 13.1. The van der Waals surface area contributed by atoms with E-state index in [0.29, 0.717) is 23.7 Å². The van der Waals surface area contributed by atoms with Gasteiger partial charge >= 0.3 is 0 Å². The van der Waals surface area contributed by atoms with Gasteiger partial charge in [0, 0.05) is 30.4 Å². The molecular weight excluding hydrogens is 299 g/mol. The van der Waals surface area contributed by atoms with Crippen LogP contribution in [-0.4, -0.2) is 26.7 Å². The van der Waals surface area contributed by atoms with E-state index < -0.39 is 0 Å². The molecule has 2 aromatic rings. The maximum absolute atomic E-state index is 12.8. The SMILES string of the molecule is COc1ccc(NCCC(=O)Nc2ccc(F)cc2)cc1OC.